The zero-order chi connectivity index (χ0) is 17.6. The van der Waals surface area contributed by atoms with Gasteiger partial charge in [0.15, 0.2) is 0 Å². The SMILES string of the molecule is O=C1S/C(=C\C=C\c2ccccc2)C(=O)N1CNc1ccc(F)cc1. The number of allylic oxidation sites excluding steroid dienone is 2. The zero-order valence-corrected chi connectivity index (χ0v) is 14.0. The molecule has 0 unspecified atom stereocenters. The summed E-state index contributed by atoms with van der Waals surface area (Å²) in [5.74, 6) is -0.688. The number of nitrogens with zero attached hydrogens (tertiary/aromatic N) is 1. The molecule has 0 atom stereocenters. The highest BCUT2D eigenvalue weighted by atomic mass is 32.2. The second-order valence-corrected chi connectivity index (χ2v) is 6.24. The standard InChI is InChI=1S/C19H15FN2O2S/c20-15-9-11-16(12-10-15)21-13-22-18(23)17(25-19(22)24)8-4-7-14-5-2-1-3-6-14/h1-12,21H,13H2/b7-4+,17-8-. The number of hydrogen-bond acceptors (Lipinski definition) is 4. The molecule has 1 saturated heterocycles. The van der Waals surface area contributed by atoms with Gasteiger partial charge in [0.2, 0.25) is 0 Å². The lowest BCUT2D eigenvalue weighted by Gasteiger charge is -2.14. The number of thioether (sulfide) groups is 1. The molecule has 0 bridgehead atoms. The highest BCUT2D eigenvalue weighted by Crippen LogP contribution is 2.30. The van der Waals surface area contributed by atoms with Gasteiger partial charge in [0, 0.05) is 5.69 Å². The van der Waals surface area contributed by atoms with E-state index in [1.54, 1.807) is 24.3 Å². The van der Waals surface area contributed by atoms with E-state index in [4.69, 9.17) is 0 Å². The maximum Gasteiger partial charge on any atom is 0.295 e. The Bertz CT molecular complexity index is 832. The molecule has 1 aliphatic rings. The van der Waals surface area contributed by atoms with Crippen LogP contribution in [0.2, 0.25) is 0 Å². The van der Waals surface area contributed by atoms with Gasteiger partial charge in [-0.05, 0) is 47.7 Å². The summed E-state index contributed by atoms with van der Waals surface area (Å²) in [5, 5.41) is 2.60. The topological polar surface area (TPSA) is 49.4 Å². The minimum absolute atomic E-state index is 0.0377. The third-order valence-electron chi connectivity index (χ3n) is 3.49. The number of hydrogen-bond donors (Lipinski definition) is 1. The van der Waals surface area contributed by atoms with Gasteiger partial charge in [0.05, 0.1) is 11.6 Å². The Morgan fingerprint density at radius 3 is 2.48 bits per heavy atom. The Morgan fingerprint density at radius 2 is 1.76 bits per heavy atom. The summed E-state index contributed by atoms with van der Waals surface area (Å²) in [6, 6.07) is 15.4. The normalized spacial score (nSPS) is 16.2. The van der Waals surface area contributed by atoms with Crippen LogP contribution in [0.1, 0.15) is 5.56 Å². The lowest BCUT2D eigenvalue weighted by atomic mass is 10.2. The summed E-state index contributed by atoms with van der Waals surface area (Å²) in [6.45, 7) is 0.0377. The van der Waals surface area contributed by atoms with Crippen molar-refractivity contribution in [2.24, 2.45) is 0 Å². The van der Waals surface area contributed by atoms with E-state index >= 15 is 0 Å². The summed E-state index contributed by atoms with van der Waals surface area (Å²) in [4.78, 5) is 25.8. The van der Waals surface area contributed by atoms with Crippen molar-refractivity contribution < 1.29 is 14.0 Å². The quantitative estimate of drug-likeness (QED) is 0.804. The first-order valence-electron chi connectivity index (χ1n) is 7.60. The van der Waals surface area contributed by atoms with E-state index in [-0.39, 0.29) is 23.6 Å². The molecule has 25 heavy (non-hydrogen) atoms. The summed E-state index contributed by atoms with van der Waals surface area (Å²) in [5.41, 5.74) is 1.64. The molecule has 1 aliphatic heterocycles. The van der Waals surface area contributed by atoms with Crippen LogP contribution in [0.5, 0.6) is 0 Å². The van der Waals surface area contributed by atoms with Gasteiger partial charge >= 0.3 is 0 Å². The van der Waals surface area contributed by atoms with E-state index < -0.39 is 0 Å². The fourth-order valence-corrected chi connectivity index (χ4v) is 2.99. The van der Waals surface area contributed by atoms with Crippen LogP contribution in [0.4, 0.5) is 14.9 Å². The van der Waals surface area contributed by atoms with E-state index in [0.29, 0.717) is 10.6 Å². The first-order valence-corrected chi connectivity index (χ1v) is 8.42. The number of nitrogens with one attached hydrogen (secondary N) is 1. The number of imide groups is 1. The summed E-state index contributed by atoms with van der Waals surface area (Å²) in [6.07, 6.45) is 5.25. The molecule has 4 nitrogen and oxygen atoms in total. The molecule has 0 aliphatic carbocycles. The molecule has 2 aromatic carbocycles. The Morgan fingerprint density at radius 1 is 1.04 bits per heavy atom. The van der Waals surface area contributed by atoms with Crippen LogP contribution in [0.3, 0.4) is 0 Å². The van der Waals surface area contributed by atoms with Gasteiger partial charge in [-0.15, -0.1) is 0 Å². The van der Waals surface area contributed by atoms with Crippen molar-refractivity contribution in [3.05, 3.63) is 83.0 Å². The number of carbonyl (C=O) groups excluding carboxylic acids is 2. The van der Waals surface area contributed by atoms with Crippen LogP contribution in [0.15, 0.2) is 71.7 Å². The van der Waals surface area contributed by atoms with E-state index in [1.165, 1.54) is 12.1 Å². The molecule has 0 spiro atoms. The fourth-order valence-electron chi connectivity index (χ4n) is 2.20. The van der Waals surface area contributed by atoms with Crippen molar-refractivity contribution in [1.29, 1.82) is 0 Å². The molecule has 3 rings (SSSR count). The van der Waals surface area contributed by atoms with Crippen LogP contribution >= 0.6 is 11.8 Å². The Kier molecular flexibility index (Phi) is 5.30. The lowest BCUT2D eigenvalue weighted by Crippen LogP contribution is -2.33. The first kappa shape index (κ1) is 17.0. The van der Waals surface area contributed by atoms with Crippen molar-refractivity contribution >= 4 is 34.7 Å². The number of halogens is 1. The fraction of sp³-hybridized carbons (Fsp3) is 0.0526. The van der Waals surface area contributed by atoms with Gasteiger partial charge in [0.25, 0.3) is 11.1 Å². The lowest BCUT2D eigenvalue weighted by molar-refractivity contribution is -0.122. The van der Waals surface area contributed by atoms with Crippen molar-refractivity contribution in [1.82, 2.24) is 4.90 Å². The second kappa shape index (κ2) is 7.81. The third-order valence-corrected chi connectivity index (χ3v) is 4.42. The van der Waals surface area contributed by atoms with Crippen LogP contribution in [-0.4, -0.2) is 22.7 Å². The second-order valence-electron chi connectivity index (χ2n) is 5.24. The van der Waals surface area contributed by atoms with Gasteiger partial charge in [-0.25, -0.2) is 4.39 Å². The third kappa shape index (κ3) is 4.36. The Balaban J connectivity index is 1.62. The minimum atomic E-state index is -0.345. The van der Waals surface area contributed by atoms with Gasteiger partial charge in [0.1, 0.15) is 5.82 Å². The van der Waals surface area contributed by atoms with Crippen LogP contribution in [-0.2, 0) is 4.79 Å². The van der Waals surface area contributed by atoms with Gasteiger partial charge in [-0.2, -0.15) is 0 Å². The average Bonchev–Trinajstić information content (AvgIpc) is 2.89. The molecule has 1 fully saturated rings. The van der Waals surface area contributed by atoms with E-state index in [2.05, 4.69) is 5.32 Å². The molecular weight excluding hydrogens is 339 g/mol. The van der Waals surface area contributed by atoms with Crippen LogP contribution < -0.4 is 5.32 Å². The predicted molar refractivity (Wildman–Crippen MR) is 98.3 cm³/mol. The molecule has 126 valence electrons. The Labute approximate surface area is 149 Å². The van der Waals surface area contributed by atoms with Gasteiger partial charge in [-0.3, -0.25) is 14.5 Å². The summed E-state index contributed by atoms with van der Waals surface area (Å²) < 4.78 is 12.9. The maximum atomic E-state index is 12.9. The highest BCUT2D eigenvalue weighted by molar-refractivity contribution is 8.18. The van der Waals surface area contributed by atoms with E-state index in [9.17, 15) is 14.0 Å². The highest BCUT2D eigenvalue weighted by Gasteiger charge is 2.34. The molecule has 2 amide bonds. The van der Waals surface area contributed by atoms with Crippen LogP contribution in [0, 0.1) is 5.82 Å². The van der Waals surface area contributed by atoms with Crippen LogP contribution in [0.25, 0.3) is 6.08 Å². The number of amides is 2. The monoisotopic (exact) mass is 354 g/mol. The molecule has 0 aromatic heterocycles. The van der Waals surface area contributed by atoms with Gasteiger partial charge in [-0.1, -0.05) is 42.5 Å². The van der Waals surface area contributed by atoms with Crippen molar-refractivity contribution in [3.8, 4) is 0 Å². The van der Waals surface area contributed by atoms with Crippen molar-refractivity contribution in [3.63, 3.8) is 0 Å². The molecule has 1 heterocycles. The smallest absolute Gasteiger partial charge is 0.295 e. The number of carbonyl (C=O) groups is 2. The molecular formula is C19H15FN2O2S. The molecule has 1 N–H and O–H groups in total. The summed E-state index contributed by atoms with van der Waals surface area (Å²) >= 11 is 0.902. The number of benzene rings is 2. The number of rotatable bonds is 5. The molecule has 0 saturated carbocycles. The summed E-state index contributed by atoms with van der Waals surface area (Å²) in [7, 11) is 0. The van der Waals surface area contributed by atoms with E-state index in [1.807, 2.05) is 36.4 Å². The van der Waals surface area contributed by atoms with Gasteiger partial charge < -0.3 is 5.32 Å². The molecule has 6 heteroatoms. The van der Waals surface area contributed by atoms with Crippen molar-refractivity contribution in [2.45, 2.75) is 0 Å². The number of anilines is 1. The van der Waals surface area contributed by atoms with Crippen molar-refractivity contribution in [2.75, 3.05) is 12.0 Å². The van der Waals surface area contributed by atoms with E-state index in [0.717, 1.165) is 22.2 Å². The maximum absolute atomic E-state index is 12.9. The first-order chi connectivity index (χ1) is 12.1. The molecule has 2 aromatic rings. The average molecular weight is 354 g/mol. The zero-order valence-electron chi connectivity index (χ0n) is 13.2. The predicted octanol–water partition coefficient (Wildman–Crippen LogP) is 4.49. The largest absolute Gasteiger partial charge is 0.367 e. The Hall–Kier alpha value is -2.86. The minimum Gasteiger partial charge on any atom is -0.367 e. The molecule has 0 radical (unpaired) electrons.